The lowest BCUT2D eigenvalue weighted by molar-refractivity contribution is 0.816. The van der Waals surface area contributed by atoms with E-state index < -0.39 is 0 Å². The summed E-state index contributed by atoms with van der Waals surface area (Å²) in [6.45, 7) is 2.41. The summed E-state index contributed by atoms with van der Waals surface area (Å²) in [6, 6.07) is 6.04. The maximum atomic E-state index is 5.96. The lowest BCUT2D eigenvalue weighted by Crippen LogP contribution is -2.22. The second kappa shape index (κ2) is 3.57. The predicted octanol–water partition coefficient (Wildman–Crippen LogP) is 3.53. The fourth-order valence-corrected chi connectivity index (χ4v) is 2.97. The SMILES string of the molecule is ClCc1cc(Cl)ccc1N1CC2CC2C1. The molecule has 0 N–H and O–H groups in total. The van der Waals surface area contributed by atoms with E-state index in [1.54, 1.807) is 0 Å². The minimum atomic E-state index is 0.543. The molecule has 3 heteroatoms. The lowest BCUT2D eigenvalue weighted by Gasteiger charge is -2.23. The zero-order chi connectivity index (χ0) is 10.4. The van der Waals surface area contributed by atoms with Gasteiger partial charge < -0.3 is 4.90 Å². The van der Waals surface area contributed by atoms with Crippen molar-refractivity contribution in [3.05, 3.63) is 28.8 Å². The third kappa shape index (κ3) is 1.72. The summed E-state index contributed by atoms with van der Waals surface area (Å²) in [5, 5.41) is 0.777. The standard InChI is InChI=1S/C12H13Cl2N/c13-5-8-4-11(14)1-2-12(8)15-6-9-3-10(9)7-15/h1-2,4,9-10H,3,5-7H2. The number of fused-ring (bicyclic) bond motifs is 1. The van der Waals surface area contributed by atoms with Gasteiger partial charge in [-0.2, -0.15) is 0 Å². The van der Waals surface area contributed by atoms with Gasteiger partial charge in [-0.05, 0) is 42.0 Å². The number of nitrogens with zero attached hydrogens (tertiary/aromatic N) is 1. The average Bonchev–Trinajstić information content (AvgIpc) is 2.85. The first-order valence-electron chi connectivity index (χ1n) is 5.37. The molecule has 0 aromatic heterocycles. The lowest BCUT2D eigenvalue weighted by atomic mass is 10.2. The molecule has 2 aliphatic rings. The van der Waals surface area contributed by atoms with E-state index >= 15 is 0 Å². The van der Waals surface area contributed by atoms with Crippen LogP contribution in [0.25, 0.3) is 0 Å². The number of anilines is 1. The van der Waals surface area contributed by atoms with Gasteiger partial charge in [0.1, 0.15) is 0 Å². The van der Waals surface area contributed by atoms with Crippen LogP contribution in [0.15, 0.2) is 18.2 Å². The van der Waals surface area contributed by atoms with Crippen LogP contribution in [0.1, 0.15) is 12.0 Å². The molecule has 1 nitrogen and oxygen atoms in total. The van der Waals surface area contributed by atoms with Crippen molar-refractivity contribution in [2.45, 2.75) is 12.3 Å². The van der Waals surface area contributed by atoms with Crippen molar-refractivity contribution >= 4 is 28.9 Å². The van der Waals surface area contributed by atoms with Gasteiger partial charge in [0.25, 0.3) is 0 Å². The van der Waals surface area contributed by atoms with Crippen molar-refractivity contribution in [3.63, 3.8) is 0 Å². The monoisotopic (exact) mass is 241 g/mol. The topological polar surface area (TPSA) is 3.24 Å². The van der Waals surface area contributed by atoms with E-state index in [-0.39, 0.29) is 0 Å². The quantitative estimate of drug-likeness (QED) is 0.717. The molecule has 0 radical (unpaired) electrons. The van der Waals surface area contributed by atoms with Crippen LogP contribution >= 0.6 is 23.2 Å². The fourth-order valence-electron chi connectivity index (χ4n) is 2.56. The molecule has 80 valence electrons. The van der Waals surface area contributed by atoms with Gasteiger partial charge in [0.15, 0.2) is 0 Å². The molecule has 1 saturated carbocycles. The summed E-state index contributed by atoms with van der Waals surface area (Å²) >= 11 is 11.9. The van der Waals surface area contributed by atoms with Gasteiger partial charge in [-0.25, -0.2) is 0 Å². The van der Waals surface area contributed by atoms with Crippen LogP contribution in [0.5, 0.6) is 0 Å². The van der Waals surface area contributed by atoms with Crippen molar-refractivity contribution in [1.82, 2.24) is 0 Å². The molecule has 0 bridgehead atoms. The van der Waals surface area contributed by atoms with Crippen LogP contribution in [-0.2, 0) is 5.88 Å². The normalized spacial score (nSPS) is 28.0. The predicted molar refractivity (Wildman–Crippen MR) is 64.8 cm³/mol. The van der Waals surface area contributed by atoms with E-state index in [2.05, 4.69) is 11.0 Å². The molecule has 2 unspecified atom stereocenters. The van der Waals surface area contributed by atoms with E-state index in [1.165, 1.54) is 25.2 Å². The Bertz CT molecular complexity index is 381. The van der Waals surface area contributed by atoms with Gasteiger partial charge >= 0.3 is 0 Å². The van der Waals surface area contributed by atoms with Crippen LogP contribution in [0.2, 0.25) is 5.02 Å². The Kier molecular flexibility index (Phi) is 2.33. The minimum absolute atomic E-state index is 0.543. The maximum Gasteiger partial charge on any atom is 0.0495 e. The Hall–Kier alpha value is -0.400. The Morgan fingerprint density at radius 1 is 1.27 bits per heavy atom. The third-order valence-electron chi connectivity index (χ3n) is 3.51. The zero-order valence-electron chi connectivity index (χ0n) is 8.42. The first kappa shape index (κ1) is 9.80. The van der Waals surface area contributed by atoms with Gasteiger partial charge in [0.2, 0.25) is 0 Å². The summed E-state index contributed by atoms with van der Waals surface area (Å²) in [6.07, 6.45) is 1.43. The number of hydrogen-bond acceptors (Lipinski definition) is 1. The van der Waals surface area contributed by atoms with Gasteiger partial charge in [-0.15, -0.1) is 11.6 Å². The Morgan fingerprint density at radius 3 is 2.67 bits per heavy atom. The highest BCUT2D eigenvalue weighted by atomic mass is 35.5. The van der Waals surface area contributed by atoms with Crippen molar-refractivity contribution in [1.29, 1.82) is 0 Å². The molecule has 1 heterocycles. The summed E-state index contributed by atoms with van der Waals surface area (Å²) in [4.78, 5) is 2.45. The van der Waals surface area contributed by atoms with Gasteiger partial charge in [0.05, 0.1) is 0 Å². The van der Waals surface area contributed by atoms with Gasteiger partial charge in [-0.1, -0.05) is 11.6 Å². The van der Waals surface area contributed by atoms with Crippen LogP contribution in [0, 0.1) is 11.8 Å². The molecular formula is C12H13Cl2N. The largest absolute Gasteiger partial charge is 0.371 e. The molecule has 2 atom stereocenters. The smallest absolute Gasteiger partial charge is 0.0495 e. The molecule has 3 rings (SSSR count). The second-order valence-electron chi connectivity index (χ2n) is 4.57. The van der Waals surface area contributed by atoms with E-state index in [9.17, 15) is 0 Å². The highest BCUT2D eigenvalue weighted by Crippen LogP contribution is 2.47. The molecule has 0 amide bonds. The number of alkyl halides is 1. The molecule has 1 aromatic carbocycles. The summed E-state index contributed by atoms with van der Waals surface area (Å²) < 4.78 is 0. The number of rotatable bonds is 2. The average molecular weight is 242 g/mol. The number of benzene rings is 1. The molecule has 0 spiro atoms. The molecule has 1 aromatic rings. The van der Waals surface area contributed by atoms with Crippen molar-refractivity contribution in [2.75, 3.05) is 18.0 Å². The maximum absolute atomic E-state index is 5.96. The van der Waals surface area contributed by atoms with E-state index in [4.69, 9.17) is 23.2 Å². The van der Waals surface area contributed by atoms with Gasteiger partial charge in [0, 0.05) is 29.7 Å². The van der Waals surface area contributed by atoms with E-state index in [0.29, 0.717) is 5.88 Å². The fraction of sp³-hybridized carbons (Fsp3) is 0.500. The molecule has 15 heavy (non-hydrogen) atoms. The van der Waals surface area contributed by atoms with Crippen LogP contribution in [-0.4, -0.2) is 13.1 Å². The molecule has 1 aliphatic carbocycles. The summed E-state index contributed by atoms with van der Waals surface area (Å²) in [7, 11) is 0. The van der Waals surface area contributed by atoms with Crippen LogP contribution in [0.3, 0.4) is 0 Å². The molecule has 2 fully saturated rings. The van der Waals surface area contributed by atoms with Crippen LogP contribution < -0.4 is 4.90 Å². The number of piperidine rings is 1. The van der Waals surface area contributed by atoms with Gasteiger partial charge in [-0.3, -0.25) is 0 Å². The van der Waals surface area contributed by atoms with E-state index in [1.807, 2.05) is 12.1 Å². The Balaban J connectivity index is 1.89. The highest BCUT2D eigenvalue weighted by molar-refractivity contribution is 6.30. The van der Waals surface area contributed by atoms with Crippen molar-refractivity contribution in [2.24, 2.45) is 11.8 Å². The zero-order valence-corrected chi connectivity index (χ0v) is 9.93. The summed E-state index contributed by atoms with van der Waals surface area (Å²) in [5.74, 6) is 2.44. The van der Waals surface area contributed by atoms with E-state index in [0.717, 1.165) is 22.4 Å². The van der Waals surface area contributed by atoms with Crippen LogP contribution in [0.4, 0.5) is 5.69 Å². The first-order chi connectivity index (χ1) is 7.28. The minimum Gasteiger partial charge on any atom is -0.371 e. The highest BCUT2D eigenvalue weighted by Gasteiger charge is 2.45. The molecule has 1 aliphatic heterocycles. The molecule has 1 saturated heterocycles. The second-order valence-corrected chi connectivity index (χ2v) is 5.27. The number of halogens is 2. The number of hydrogen-bond donors (Lipinski definition) is 0. The van der Waals surface area contributed by atoms with Crippen molar-refractivity contribution in [3.8, 4) is 0 Å². The first-order valence-corrected chi connectivity index (χ1v) is 6.28. The molecular weight excluding hydrogens is 229 g/mol. The summed E-state index contributed by atoms with van der Waals surface area (Å²) in [5.41, 5.74) is 2.44. The third-order valence-corrected chi connectivity index (χ3v) is 4.03. The van der Waals surface area contributed by atoms with Crippen molar-refractivity contribution < 1.29 is 0 Å². The Morgan fingerprint density at radius 2 is 2.00 bits per heavy atom. The Labute approximate surface area is 100.0 Å².